The molecule has 1 saturated heterocycles. The highest BCUT2D eigenvalue weighted by Crippen LogP contribution is 2.26. The second-order valence-corrected chi connectivity index (χ2v) is 7.46. The molecule has 1 fully saturated rings. The van der Waals surface area contributed by atoms with Crippen molar-refractivity contribution >= 4 is 22.9 Å². The van der Waals surface area contributed by atoms with E-state index in [9.17, 15) is 0 Å². The first kappa shape index (κ1) is 20.6. The molecule has 8 heteroatoms. The van der Waals surface area contributed by atoms with Crippen molar-refractivity contribution in [2.75, 3.05) is 51.0 Å². The van der Waals surface area contributed by atoms with Crippen LogP contribution in [0.15, 0.2) is 0 Å². The van der Waals surface area contributed by atoms with Gasteiger partial charge in [0.1, 0.15) is 0 Å². The second kappa shape index (κ2) is 10.5. The van der Waals surface area contributed by atoms with Gasteiger partial charge in [-0.2, -0.15) is 15.0 Å². The third kappa shape index (κ3) is 5.04. The third-order valence-corrected chi connectivity index (χ3v) is 5.35. The van der Waals surface area contributed by atoms with Gasteiger partial charge in [0.15, 0.2) is 17.0 Å². The van der Waals surface area contributed by atoms with Crippen LogP contribution in [0.3, 0.4) is 0 Å². The molecule has 3 rings (SSSR count). The number of hydrogen-bond donors (Lipinski definition) is 2. The van der Waals surface area contributed by atoms with Gasteiger partial charge >= 0.3 is 0 Å². The average Bonchev–Trinajstić information content (AvgIpc) is 3.09. The van der Waals surface area contributed by atoms with E-state index in [1.807, 2.05) is 7.05 Å². The molecule has 2 aromatic rings. The van der Waals surface area contributed by atoms with Crippen molar-refractivity contribution in [2.24, 2.45) is 0 Å². The molecule has 0 spiro atoms. The summed E-state index contributed by atoms with van der Waals surface area (Å²) in [6.45, 7) is 7.57. The average molecular weight is 390 g/mol. The molecule has 0 aliphatic carbocycles. The quantitative estimate of drug-likeness (QED) is 0.570. The van der Waals surface area contributed by atoms with E-state index in [-0.39, 0.29) is 0 Å². The van der Waals surface area contributed by atoms with Crippen LogP contribution in [0, 0.1) is 0 Å². The second-order valence-electron chi connectivity index (χ2n) is 7.46. The Bertz CT molecular complexity index is 740. The Balaban J connectivity index is 1.72. The van der Waals surface area contributed by atoms with Gasteiger partial charge < -0.3 is 20.3 Å². The number of aromatic nitrogens is 4. The van der Waals surface area contributed by atoms with Crippen LogP contribution in [0.25, 0.3) is 11.2 Å². The van der Waals surface area contributed by atoms with Crippen molar-refractivity contribution in [2.45, 2.75) is 58.4 Å². The number of unbranched alkanes of at least 4 members (excludes halogenated alkanes) is 2. The summed E-state index contributed by atoms with van der Waals surface area (Å²) in [6.07, 6.45) is 8.56. The maximum Gasteiger partial charge on any atom is 0.298 e. The van der Waals surface area contributed by atoms with Crippen LogP contribution in [0.2, 0.25) is 0 Å². The van der Waals surface area contributed by atoms with E-state index in [2.05, 4.69) is 37.0 Å². The highest BCUT2D eigenvalue weighted by molar-refractivity contribution is 5.85. The molecular weight excluding hydrogens is 354 g/mol. The Morgan fingerprint density at radius 3 is 2.50 bits per heavy atom. The topological polar surface area (TPSA) is 80.1 Å². The molecule has 8 nitrogen and oxygen atoms in total. The summed E-state index contributed by atoms with van der Waals surface area (Å²) in [4.78, 5) is 16.5. The number of imidazole rings is 1. The van der Waals surface area contributed by atoms with E-state index < -0.39 is 0 Å². The molecule has 1 aliphatic rings. The fourth-order valence-corrected chi connectivity index (χ4v) is 3.76. The largest absolute Gasteiger partial charge is 0.468 e. The zero-order valence-corrected chi connectivity index (χ0v) is 17.6. The van der Waals surface area contributed by atoms with Gasteiger partial charge in [-0.15, -0.1) is 0 Å². The summed E-state index contributed by atoms with van der Waals surface area (Å²) in [6, 6.07) is 0.601. The van der Waals surface area contributed by atoms with E-state index >= 15 is 0 Å². The molecule has 2 aromatic heterocycles. The Labute approximate surface area is 168 Å². The number of ether oxygens (including phenoxy) is 1. The van der Waals surface area contributed by atoms with Gasteiger partial charge in [0.2, 0.25) is 5.95 Å². The number of hydrogen-bond acceptors (Lipinski definition) is 7. The van der Waals surface area contributed by atoms with E-state index in [1.165, 1.54) is 45.3 Å². The fourth-order valence-electron chi connectivity index (χ4n) is 3.76. The van der Waals surface area contributed by atoms with Crippen molar-refractivity contribution < 1.29 is 4.74 Å². The molecule has 0 aromatic carbocycles. The van der Waals surface area contributed by atoms with Crippen LogP contribution in [-0.4, -0.2) is 64.8 Å². The third-order valence-electron chi connectivity index (χ3n) is 5.35. The first-order valence-corrected chi connectivity index (χ1v) is 10.7. The molecule has 28 heavy (non-hydrogen) atoms. The van der Waals surface area contributed by atoms with Crippen LogP contribution >= 0.6 is 0 Å². The van der Waals surface area contributed by atoms with Gasteiger partial charge in [-0.05, 0) is 51.7 Å². The molecule has 0 radical (unpaired) electrons. The van der Waals surface area contributed by atoms with Crippen molar-refractivity contribution in [3.05, 3.63) is 0 Å². The summed E-state index contributed by atoms with van der Waals surface area (Å²) in [5.41, 5.74) is 1.59. The van der Waals surface area contributed by atoms with Crippen molar-refractivity contribution in [3.63, 3.8) is 0 Å². The summed E-state index contributed by atoms with van der Waals surface area (Å²) in [7, 11) is 3.53. The van der Waals surface area contributed by atoms with Crippen molar-refractivity contribution in [3.8, 4) is 6.01 Å². The standard InChI is InChI=1S/C20H35N7O/c1-4-5-11-22-19-24-17(21-2)16-18(25-19)27(20(23-16)28-3)15-10-9-14-26-12-7-6-8-13-26/h4-15H2,1-3H3,(H2,21,22,24,25). The lowest BCUT2D eigenvalue weighted by Crippen LogP contribution is -2.30. The summed E-state index contributed by atoms with van der Waals surface area (Å²) in [5.74, 6) is 1.37. The van der Waals surface area contributed by atoms with Crippen molar-refractivity contribution in [1.82, 2.24) is 24.4 Å². The Morgan fingerprint density at radius 1 is 1.00 bits per heavy atom. The van der Waals surface area contributed by atoms with Gasteiger partial charge in [-0.3, -0.25) is 4.57 Å². The van der Waals surface area contributed by atoms with E-state index in [0.29, 0.717) is 12.0 Å². The molecule has 0 bridgehead atoms. The first-order valence-electron chi connectivity index (χ1n) is 10.7. The number of rotatable bonds is 11. The van der Waals surface area contributed by atoms with E-state index in [0.717, 1.165) is 49.3 Å². The van der Waals surface area contributed by atoms with Crippen LogP contribution in [0.4, 0.5) is 11.8 Å². The minimum absolute atomic E-state index is 0.601. The van der Waals surface area contributed by atoms with Crippen LogP contribution in [0.5, 0.6) is 6.01 Å². The number of nitrogens with one attached hydrogen (secondary N) is 2. The minimum Gasteiger partial charge on any atom is -0.468 e. The van der Waals surface area contributed by atoms with Gasteiger partial charge in [0.05, 0.1) is 7.11 Å². The van der Waals surface area contributed by atoms with Gasteiger partial charge in [-0.1, -0.05) is 19.8 Å². The smallest absolute Gasteiger partial charge is 0.298 e. The zero-order chi connectivity index (χ0) is 19.8. The number of likely N-dealkylation sites (tertiary alicyclic amines) is 1. The van der Waals surface area contributed by atoms with E-state index in [1.54, 1.807) is 7.11 Å². The Kier molecular flexibility index (Phi) is 7.71. The summed E-state index contributed by atoms with van der Waals surface area (Å²) in [5, 5.41) is 6.47. The predicted molar refractivity (Wildman–Crippen MR) is 114 cm³/mol. The van der Waals surface area contributed by atoms with Crippen LogP contribution in [0.1, 0.15) is 51.9 Å². The number of fused-ring (bicyclic) bond motifs is 1. The van der Waals surface area contributed by atoms with Gasteiger partial charge in [-0.25, -0.2) is 0 Å². The maximum absolute atomic E-state index is 5.54. The molecule has 0 atom stereocenters. The number of anilines is 2. The predicted octanol–water partition coefficient (Wildman–Crippen LogP) is 3.35. The summed E-state index contributed by atoms with van der Waals surface area (Å²) < 4.78 is 7.62. The van der Waals surface area contributed by atoms with Crippen LogP contribution < -0.4 is 15.4 Å². The summed E-state index contributed by atoms with van der Waals surface area (Å²) >= 11 is 0. The molecule has 156 valence electrons. The van der Waals surface area contributed by atoms with Crippen molar-refractivity contribution in [1.29, 1.82) is 0 Å². The fraction of sp³-hybridized carbons (Fsp3) is 0.750. The number of nitrogens with zero attached hydrogens (tertiary/aromatic N) is 5. The molecular formula is C20H35N7O. The molecule has 0 saturated carbocycles. The minimum atomic E-state index is 0.601. The molecule has 0 amide bonds. The highest BCUT2D eigenvalue weighted by Gasteiger charge is 2.18. The Morgan fingerprint density at radius 2 is 1.79 bits per heavy atom. The maximum atomic E-state index is 5.54. The van der Waals surface area contributed by atoms with Gasteiger partial charge in [0, 0.05) is 20.1 Å². The van der Waals surface area contributed by atoms with Crippen LogP contribution in [-0.2, 0) is 6.54 Å². The highest BCUT2D eigenvalue weighted by atomic mass is 16.5. The number of methoxy groups -OCH3 is 1. The first-order chi connectivity index (χ1) is 13.8. The molecule has 0 unspecified atom stereocenters. The number of piperidine rings is 1. The normalized spacial score (nSPS) is 15.1. The molecule has 1 aliphatic heterocycles. The molecule has 2 N–H and O–H groups in total. The lowest BCUT2D eigenvalue weighted by molar-refractivity contribution is 0.223. The van der Waals surface area contributed by atoms with E-state index in [4.69, 9.17) is 9.72 Å². The number of aryl methyl sites for hydroxylation is 1. The monoisotopic (exact) mass is 389 g/mol. The lowest BCUT2D eigenvalue weighted by Gasteiger charge is -2.26. The van der Waals surface area contributed by atoms with Gasteiger partial charge in [0.25, 0.3) is 6.01 Å². The SMILES string of the molecule is CCCCNc1nc(NC)c2nc(OC)n(CCCCN3CCCCC3)c2n1. The Hall–Kier alpha value is -2.09. The lowest BCUT2D eigenvalue weighted by atomic mass is 10.1. The molecule has 3 heterocycles. The zero-order valence-electron chi connectivity index (χ0n) is 17.6.